The average molecular weight is 295 g/mol. The largest absolute Gasteiger partial charge is 0.465 e. The first-order chi connectivity index (χ1) is 9.94. The van der Waals surface area contributed by atoms with Crippen LogP contribution in [0.4, 0.5) is 16.2 Å². The van der Waals surface area contributed by atoms with Gasteiger partial charge in [0.05, 0.1) is 12.0 Å². The lowest BCUT2D eigenvalue weighted by molar-refractivity contribution is -0.385. The van der Waals surface area contributed by atoms with E-state index in [1.165, 1.54) is 17.0 Å². The molecule has 0 aliphatic carbocycles. The van der Waals surface area contributed by atoms with Crippen LogP contribution in [-0.2, 0) is 4.74 Å². The Kier molecular flexibility index (Phi) is 5.65. The number of esters is 1. The highest BCUT2D eigenvalue weighted by Gasteiger charge is 2.22. The Morgan fingerprint density at radius 1 is 1.33 bits per heavy atom. The molecule has 8 nitrogen and oxygen atoms in total. The van der Waals surface area contributed by atoms with Crippen molar-refractivity contribution in [3.63, 3.8) is 0 Å². The fourth-order valence-corrected chi connectivity index (χ4v) is 1.76. The van der Waals surface area contributed by atoms with E-state index in [4.69, 9.17) is 0 Å². The lowest BCUT2D eigenvalue weighted by atomic mass is 10.1. The van der Waals surface area contributed by atoms with Gasteiger partial charge in [-0.1, -0.05) is 0 Å². The monoisotopic (exact) mass is 295 g/mol. The van der Waals surface area contributed by atoms with Gasteiger partial charge in [0.2, 0.25) is 0 Å². The molecule has 1 aromatic carbocycles. The Hall–Kier alpha value is -2.64. The van der Waals surface area contributed by atoms with Crippen molar-refractivity contribution < 1.29 is 19.2 Å². The van der Waals surface area contributed by atoms with Gasteiger partial charge in [0.25, 0.3) is 5.69 Å². The summed E-state index contributed by atoms with van der Waals surface area (Å²) >= 11 is 0. The number of ether oxygens (including phenoxy) is 1. The van der Waals surface area contributed by atoms with Crippen LogP contribution in [0.1, 0.15) is 24.2 Å². The molecule has 2 amide bonds. The third-order valence-corrected chi connectivity index (χ3v) is 2.90. The smallest absolute Gasteiger partial charge is 0.344 e. The van der Waals surface area contributed by atoms with Gasteiger partial charge >= 0.3 is 12.0 Å². The summed E-state index contributed by atoms with van der Waals surface area (Å²) in [6.07, 6.45) is 0. The maximum absolute atomic E-state index is 11.9. The van der Waals surface area contributed by atoms with Gasteiger partial charge < -0.3 is 15.0 Å². The molecular formula is C13H17N3O5. The number of carbonyl (C=O) groups is 2. The topological polar surface area (TPSA) is 102 Å². The molecule has 1 rings (SSSR count). The van der Waals surface area contributed by atoms with Crippen molar-refractivity contribution in [2.75, 3.05) is 25.5 Å². The molecule has 0 atom stereocenters. The quantitative estimate of drug-likeness (QED) is 0.510. The van der Waals surface area contributed by atoms with Gasteiger partial charge in [-0.25, -0.2) is 9.59 Å². The van der Waals surface area contributed by atoms with Crippen LogP contribution in [0, 0.1) is 10.1 Å². The first-order valence-corrected chi connectivity index (χ1v) is 6.37. The number of nitrogens with one attached hydrogen (secondary N) is 1. The first kappa shape index (κ1) is 16.4. The number of benzene rings is 1. The van der Waals surface area contributed by atoms with Crippen molar-refractivity contribution >= 4 is 23.4 Å². The Bertz CT molecular complexity index is 555. The molecule has 0 unspecified atom stereocenters. The molecule has 0 spiro atoms. The lowest BCUT2D eigenvalue weighted by Crippen LogP contribution is -2.34. The number of nitrogens with zero attached hydrogens (tertiary/aromatic N) is 2. The molecule has 8 heteroatoms. The molecule has 0 heterocycles. The number of nitro benzene ring substituents is 1. The molecule has 0 radical (unpaired) electrons. The number of urea groups is 1. The van der Waals surface area contributed by atoms with E-state index in [0.717, 1.165) is 13.2 Å². The van der Waals surface area contributed by atoms with Crippen LogP contribution in [-0.4, -0.2) is 42.0 Å². The molecule has 1 aromatic rings. The van der Waals surface area contributed by atoms with Crippen LogP contribution in [0.15, 0.2) is 18.2 Å². The normalized spacial score (nSPS) is 9.86. The zero-order chi connectivity index (χ0) is 16.0. The molecule has 0 aromatic heterocycles. The molecule has 21 heavy (non-hydrogen) atoms. The zero-order valence-corrected chi connectivity index (χ0v) is 12.1. The second-order valence-electron chi connectivity index (χ2n) is 4.08. The van der Waals surface area contributed by atoms with Gasteiger partial charge in [0, 0.05) is 24.8 Å². The van der Waals surface area contributed by atoms with Gasteiger partial charge in [-0.15, -0.1) is 0 Å². The number of rotatable bonds is 5. The van der Waals surface area contributed by atoms with Crippen molar-refractivity contribution in [3.8, 4) is 0 Å². The molecular weight excluding hydrogens is 278 g/mol. The van der Waals surface area contributed by atoms with Gasteiger partial charge in [-0.3, -0.25) is 10.1 Å². The predicted molar refractivity (Wildman–Crippen MR) is 76.4 cm³/mol. The van der Waals surface area contributed by atoms with Crippen molar-refractivity contribution in [2.45, 2.75) is 13.8 Å². The number of carbonyl (C=O) groups excluding carboxylic acids is 2. The van der Waals surface area contributed by atoms with Crippen LogP contribution < -0.4 is 5.32 Å². The fourth-order valence-electron chi connectivity index (χ4n) is 1.76. The highest BCUT2D eigenvalue weighted by molar-refractivity contribution is 5.96. The van der Waals surface area contributed by atoms with E-state index in [0.29, 0.717) is 13.1 Å². The van der Waals surface area contributed by atoms with E-state index in [9.17, 15) is 19.7 Å². The number of anilines is 1. The van der Waals surface area contributed by atoms with Gasteiger partial charge in [0.15, 0.2) is 0 Å². The third-order valence-electron chi connectivity index (χ3n) is 2.90. The van der Waals surface area contributed by atoms with Crippen LogP contribution in [0.2, 0.25) is 0 Å². The summed E-state index contributed by atoms with van der Waals surface area (Å²) in [4.78, 5) is 35.2. The fraction of sp³-hybridized carbons (Fsp3) is 0.385. The van der Waals surface area contributed by atoms with Crippen molar-refractivity contribution in [1.82, 2.24) is 4.90 Å². The summed E-state index contributed by atoms with van der Waals surface area (Å²) in [5, 5.41) is 13.6. The van der Waals surface area contributed by atoms with Crippen LogP contribution in [0.3, 0.4) is 0 Å². The Labute approximate surface area is 121 Å². The lowest BCUT2D eigenvalue weighted by Gasteiger charge is -2.19. The van der Waals surface area contributed by atoms with E-state index >= 15 is 0 Å². The Morgan fingerprint density at radius 2 is 1.95 bits per heavy atom. The van der Waals surface area contributed by atoms with Crippen LogP contribution in [0.25, 0.3) is 0 Å². The SMILES string of the molecule is CCN(CC)C(=O)Nc1ccc(C(=O)OC)c([N+](=O)[O-])c1. The van der Waals surface area contributed by atoms with Gasteiger partial charge in [0.1, 0.15) is 5.56 Å². The van der Waals surface area contributed by atoms with E-state index < -0.39 is 16.6 Å². The second-order valence-corrected chi connectivity index (χ2v) is 4.08. The maximum atomic E-state index is 11.9. The summed E-state index contributed by atoms with van der Waals surface area (Å²) in [7, 11) is 1.14. The molecule has 1 N–H and O–H groups in total. The number of hydrogen-bond acceptors (Lipinski definition) is 5. The van der Waals surface area contributed by atoms with E-state index in [-0.39, 0.29) is 17.3 Å². The molecule has 0 saturated carbocycles. The summed E-state index contributed by atoms with van der Waals surface area (Å²) in [6.45, 7) is 4.69. The first-order valence-electron chi connectivity index (χ1n) is 6.37. The minimum absolute atomic E-state index is 0.164. The Morgan fingerprint density at radius 3 is 2.43 bits per heavy atom. The van der Waals surface area contributed by atoms with E-state index in [1.807, 2.05) is 13.8 Å². The second kappa shape index (κ2) is 7.22. The molecule has 114 valence electrons. The Balaban J connectivity index is 3.06. The zero-order valence-electron chi connectivity index (χ0n) is 12.1. The van der Waals surface area contributed by atoms with E-state index in [1.54, 1.807) is 0 Å². The minimum Gasteiger partial charge on any atom is -0.465 e. The van der Waals surface area contributed by atoms with Crippen molar-refractivity contribution in [3.05, 3.63) is 33.9 Å². The number of methoxy groups -OCH3 is 1. The molecule has 0 aliphatic rings. The van der Waals surface area contributed by atoms with Crippen molar-refractivity contribution in [1.29, 1.82) is 0 Å². The van der Waals surface area contributed by atoms with Crippen LogP contribution in [0.5, 0.6) is 0 Å². The van der Waals surface area contributed by atoms with Gasteiger partial charge in [-0.05, 0) is 26.0 Å². The molecule has 0 fully saturated rings. The highest BCUT2D eigenvalue weighted by atomic mass is 16.6. The highest BCUT2D eigenvalue weighted by Crippen LogP contribution is 2.24. The summed E-state index contributed by atoms with van der Waals surface area (Å²) in [6, 6.07) is 3.44. The average Bonchev–Trinajstić information content (AvgIpc) is 2.47. The number of hydrogen-bond donors (Lipinski definition) is 1. The van der Waals surface area contributed by atoms with Gasteiger partial charge in [-0.2, -0.15) is 0 Å². The molecule has 0 bridgehead atoms. The summed E-state index contributed by atoms with van der Waals surface area (Å²) in [5.74, 6) is -0.802. The molecule has 0 aliphatic heterocycles. The predicted octanol–water partition coefficient (Wildman–Crippen LogP) is 2.26. The number of nitro groups is 1. The molecule has 0 saturated heterocycles. The third kappa shape index (κ3) is 3.91. The van der Waals surface area contributed by atoms with E-state index in [2.05, 4.69) is 10.1 Å². The summed E-state index contributed by atoms with van der Waals surface area (Å²) in [5.41, 5.74) is -0.339. The van der Waals surface area contributed by atoms with Crippen molar-refractivity contribution in [2.24, 2.45) is 0 Å². The minimum atomic E-state index is -0.802. The maximum Gasteiger partial charge on any atom is 0.344 e. The summed E-state index contributed by atoms with van der Waals surface area (Å²) < 4.78 is 4.48. The standard InChI is InChI=1S/C13H17N3O5/c1-4-15(5-2)13(18)14-9-6-7-10(12(17)21-3)11(8-9)16(19)20/h6-8H,4-5H2,1-3H3,(H,14,18). The number of amides is 2. The van der Waals surface area contributed by atoms with Crippen LogP contribution >= 0.6 is 0 Å².